The van der Waals surface area contributed by atoms with E-state index in [1.54, 1.807) is 37.1 Å². The lowest BCUT2D eigenvalue weighted by atomic mass is 10.3. The number of rotatable bonds is 9. The van der Waals surface area contributed by atoms with Crippen LogP contribution in [0.15, 0.2) is 41.0 Å². The maximum absolute atomic E-state index is 12.1. The molecule has 0 bridgehead atoms. The molecule has 0 aliphatic carbocycles. The van der Waals surface area contributed by atoms with Crippen molar-refractivity contribution in [2.45, 2.75) is 17.7 Å². The van der Waals surface area contributed by atoms with Crippen LogP contribution in [0.2, 0.25) is 0 Å². The first-order valence-corrected chi connectivity index (χ1v) is 9.03. The smallest absolute Gasteiger partial charge is 0.242 e. The number of sulfonamides is 1. The van der Waals surface area contributed by atoms with E-state index in [0.717, 1.165) is 25.3 Å². The number of aromatic nitrogens is 1. The Labute approximate surface area is 162 Å². The van der Waals surface area contributed by atoms with Crippen molar-refractivity contribution in [2.75, 3.05) is 33.7 Å². The zero-order valence-corrected chi connectivity index (χ0v) is 17.7. The number of aryl methyl sites for hydroxylation is 1. The SMILES string of the molecule is C=CCCCN(C)C(=NC)NCCNS(=O)(=O)c1ccn(C)c1.I. The van der Waals surface area contributed by atoms with Crippen LogP contribution in [0.5, 0.6) is 0 Å². The first-order chi connectivity index (χ1) is 10.9. The van der Waals surface area contributed by atoms with Gasteiger partial charge in [0.25, 0.3) is 0 Å². The number of nitrogens with zero attached hydrogens (tertiary/aromatic N) is 3. The molecular formula is C15H28IN5O2S. The van der Waals surface area contributed by atoms with Crippen molar-refractivity contribution in [1.82, 2.24) is 19.5 Å². The first kappa shape index (κ1) is 22.9. The van der Waals surface area contributed by atoms with E-state index < -0.39 is 10.0 Å². The summed E-state index contributed by atoms with van der Waals surface area (Å²) in [6.07, 6.45) is 7.12. The maximum Gasteiger partial charge on any atom is 0.242 e. The predicted octanol–water partition coefficient (Wildman–Crippen LogP) is 1.39. The largest absolute Gasteiger partial charge is 0.356 e. The highest BCUT2D eigenvalue weighted by Gasteiger charge is 2.14. The van der Waals surface area contributed by atoms with E-state index in [-0.39, 0.29) is 35.4 Å². The minimum atomic E-state index is -3.46. The van der Waals surface area contributed by atoms with Crippen LogP contribution in [0.1, 0.15) is 12.8 Å². The molecule has 1 aromatic rings. The summed E-state index contributed by atoms with van der Waals surface area (Å²) in [5.41, 5.74) is 0. The molecule has 0 aliphatic heterocycles. The molecule has 138 valence electrons. The lowest BCUT2D eigenvalue weighted by molar-refractivity contribution is 0.470. The van der Waals surface area contributed by atoms with Crippen LogP contribution < -0.4 is 10.0 Å². The molecule has 24 heavy (non-hydrogen) atoms. The molecule has 9 heteroatoms. The van der Waals surface area contributed by atoms with Gasteiger partial charge < -0.3 is 14.8 Å². The van der Waals surface area contributed by atoms with Gasteiger partial charge in [-0.3, -0.25) is 4.99 Å². The Balaban J connectivity index is 0.00000529. The van der Waals surface area contributed by atoms with Gasteiger partial charge in [0.2, 0.25) is 10.0 Å². The molecule has 0 saturated carbocycles. The monoisotopic (exact) mass is 469 g/mol. The Kier molecular flexibility index (Phi) is 11.0. The predicted molar refractivity (Wildman–Crippen MR) is 109 cm³/mol. The fourth-order valence-corrected chi connectivity index (χ4v) is 3.13. The molecule has 0 amide bonds. The third-order valence-electron chi connectivity index (χ3n) is 3.29. The van der Waals surface area contributed by atoms with Gasteiger partial charge in [-0.25, -0.2) is 13.1 Å². The summed E-state index contributed by atoms with van der Waals surface area (Å²) < 4.78 is 28.4. The maximum atomic E-state index is 12.1. The number of hydrogen-bond donors (Lipinski definition) is 2. The van der Waals surface area contributed by atoms with Gasteiger partial charge in [-0.2, -0.15) is 0 Å². The summed E-state index contributed by atoms with van der Waals surface area (Å²) in [5, 5.41) is 3.14. The summed E-state index contributed by atoms with van der Waals surface area (Å²) in [5.74, 6) is 0.743. The molecular weight excluding hydrogens is 441 g/mol. The Hall–Kier alpha value is -1.07. The van der Waals surface area contributed by atoms with Crippen molar-refractivity contribution in [3.63, 3.8) is 0 Å². The summed E-state index contributed by atoms with van der Waals surface area (Å²) in [7, 11) is 1.99. The molecule has 2 N–H and O–H groups in total. The van der Waals surface area contributed by atoms with E-state index in [0.29, 0.717) is 6.54 Å². The highest BCUT2D eigenvalue weighted by atomic mass is 127. The van der Waals surface area contributed by atoms with Crippen LogP contribution >= 0.6 is 24.0 Å². The molecule has 0 aliphatic rings. The van der Waals surface area contributed by atoms with Gasteiger partial charge in [-0.1, -0.05) is 6.08 Å². The normalized spacial score (nSPS) is 11.7. The fourth-order valence-electron chi connectivity index (χ4n) is 2.04. The first-order valence-electron chi connectivity index (χ1n) is 7.55. The summed E-state index contributed by atoms with van der Waals surface area (Å²) in [4.78, 5) is 6.47. The highest BCUT2D eigenvalue weighted by Crippen LogP contribution is 2.07. The van der Waals surface area contributed by atoms with Crippen molar-refractivity contribution < 1.29 is 8.42 Å². The topological polar surface area (TPSA) is 78.7 Å². The van der Waals surface area contributed by atoms with E-state index in [9.17, 15) is 8.42 Å². The number of unbranched alkanes of at least 4 members (excludes halogenated alkanes) is 1. The van der Waals surface area contributed by atoms with Crippen LogP contribution in [-0.2, 0) is 17.1 Å². The summed E-state index contributed by atoms with van der Waals surface area (Å²) in [6, 6.07) is 1.57. The van der Waals surface area contributed by atoms with Crippen molar-refractivity contribution in [3.05, 3.63) is 31.1 Å². The summed E-state index contributed by atoms with van der Waals surface area (Å²) >= 11 is 0. The Bertz CT molecular complexity index is 628. The highest BCUT2D eigenvalue weighted by molar-refractivity contribution is 14.0. The van der Waals surface area contributed by atoms with Crippen molar-refractivity contribution >= 4 is 40.0 Å². The molecule has 0 aromatic carbocycles. The van der Waals surface area contributed by atoms with Crippen LogP contribution in [0.4, 0.5) is 0 Å². The van der Waals surface area contributed by atoms with E-state index in [1.807, 2.05) is 18.0 Å². The molecule has 0 spiro atoms. The van der Waals surface area contributed by atoms with E-state index in [2.05, 4.69) is 21.6 Å². The fraction of sp³-hybridized carbons (Fsp3) is 0.533. The van der Waals surface area contributed by atoms with Crippen LogP contribution in [0.3, 0.4) is 0 Å². The Morgan fingerprint density at radius 2 is 2.17 bits per heavy atom. The third kappa shape index (κ3) is 7.67. The average Bonchev–Trinajstić information content (AvgIpc) is 2.95. The molecule has 0 saturated heterocycles. The number of nitrogens with one attached hydrogen (secondary N) is 2. The zero-order valence-electron chi connectivity index (χ0n) is 14.5. The molecule has 0 unspecified atom stereocenters. The zero-order chi connectivity index (χ0) is 17.3. The van der Waals surface area contributed by atoms with Gasteiger partial charge >= 0.3 is 0 Å². The van der Waals surface area contributed by atoms with E-state index in [1.165, 1.54) is 0 Å². The minimum absolute atomic E-state index is 0. The number of hydrogen-bond acceptors (Lipinski definition) is 3. The summed E-state index contributed by atoms with van der Waals surface area (Å²) in [6.45, 7) is 5.32. The lowest BCUT2D eigenvalue weighted by Crippen LogP contribution is -2.42. The van der Waals surface area contributed by atoms with Crippen molar-refractivity contribution in [2.24, 2.45) is 12.0 Å². The van der Waals surface area contributed by atoms with Crippen LogP contribution in [0, 0.1) is 0 Å². The molecule has 1 rings (SSSR count). The Morgan fingerprint density at radius 3 is 2.71 bits per heavy atom. The minimum Gasteiger partial charge on any atom is -0.356 e. The number of guanidine groups is 1. The molecule has 1 heterocycles. The van der Waals surface area contributed by atoms with Gasteiger partial charge in [0.1, 0.15) is 0 Å². The van der Waals surface area contributed by atoms with Gasteiger partial charge in [0, 0.05) is 53.2 Å². The number of aliphatic imine (C=N–C) groups is 1. The number of allylic oxidation sites excluding steroid dienone is 1. The van der Waals surface area contributed by atoms with Crippen LogP contribution in [-0.4, -0.2) is 57.6 Å². The Morgan fingerprint density at radius 1 is 1.46 bits per heavy atom. The average molecular weight is 469 g/mol. The van der Waals surface area contributed by atoms with Gasteiger partial charge in [-0.15, -0.1) is 30.6 Å². The van der Waals surface area contributed by atoms with Gasteiger partial charge in [0.05, 0.1) is 4.90 Å². The standard InChI is InChI=1S/C15H27N5O2S.HI/c1-5-6-7-11-20(4)15(16-2)17-9-10-18-23(21,22)14-8-12-19(3)13-14;/h5,8,12-13,18H,1,6-7,9-11H2,2-4H3,(H,16,17);1H. The molecule has 0 atom stereocenters. The second-order valence-electron chi connectivity index (χ2n) is 5.24. The lowest BCUT2D eigenvalue weighted by Gasteiger charge is -2.21. The molecule has 7 nitrogen and oxygen atoms in total. The quantitative estimate of drug-likeness (QED) is 0.189. The van der Waals surface area contributed by atoms with Gasteiger partial charge in [-0.05, 0) is 18.9 Å². The van der Waals surface area contributed by atoms with Crippen molar-refractivity contribution in [1.29, 1.82) is 0 Å². The number of halogens is 1. The van der Waals surface area contributed by atoms with Crippen LogP contribution in [0.25, 0.3) is 0 Å². The van der Waals surface area contributed by atoms with E-state index in [4.69, 9.17) is 0 Å². The van der Waals surface area contributed by atoms with Crippen molar-refractivity contribution in [3.8, 4) is 0 Å². The molecule has 0 fully saturated rings. The second kappa shape index (κ2) is 11.5. The third-order valence-corrected chi connectivity index (χ3v) is 4.74. The van der Waals surface area contributed by atoms with E-state index >= 15 is 0 Å². The second-order valence-corrected chi connectivity index (χ2v) is 7.00. The van der Waals surface area contributed by atoms with Gasteiger partial charge in [0.15, 0.2) is 5.96 Å². The molecule has 0 radical (unpaired) electrons. The molecule has 1 aromatic heterocycles.